The number of anilines is 9. The van der Waals surface area contributed by atoms with E-state index in [0.29, 0.717) is 0 Å². The van der Waals surface area contributed by atoms with Crippen LogP contribution in [-0.4, -0.2) is 4.57 Å². The molecule has 17 rings (SSSR count). The van der Waals surface area contributed by atoms with Gasteiger partial charge in [0.05, 0.1) is 11.0 Å². The quantitative estimate of drug-likeness (QED) is 0.0903. The Labute approximate surface area is 584 Å². The van der Waals surface area contributed by atoms with Gasteiger partial charge in [0.15, 0.2) is 0 Å². The Kier molecular flexibility index (Phi) is 16.4. The molecule has 0 amide bonds. The lowest BCUT2D eigenvalue weighted by Crippen LogP contribution is -2.14. The highest BCUT2D eigenvalue weighted by Gasteiger charge is 2.25. The molecular weight excluding hydrogens is 1210 g/mol. The predicted molar refractivity (Wildman–Crippen MR) is 423 cm³/mol. The predicted octanol–water partition coefficient (Wildman–Crippen LogP) is 26.9. The number of rotatable bonds is 17. The Morgan fingerprint density at radius 1 is 0.160 bits per heavy atom. The Morgan fingerprint density at radius 2 is 0.450 bits per heavy atom. The first-order chi connectivity index (χ1) is 49.6. The molecule has 0 radical (unpaired) electrons. The summed E-state index contributed by atoms with van der Waals surface area (Å²) in [6, 6.07) is 150. The average molecular weight is 1280 g/mol. The summed E-state index contributed by atoms with van der Waals surface area (Å²) in [6.45, 7) is 0. The third-order valence-electron chi connectivity index (χ3n) is 19.1. The minimum Gasteiger partial charge on any atom is -0.310 e. The van der Waals surface area contributed by atoms with Gasteiger partial charge in [0.25, 0.3) is 0 Å². The van der Waals surface area contributed by atoms with Crippen molar-refractivity contribution in [3.8, 4) is 83.6 Å². The number of aromatic nitrogens is 1. The van der Waals surface area contributed by atoms with Gasteiger partial charge in [0.1, 0.15) is 0 Å². The van der Waals surface area contributed by atoms with E-state index in [0.717, 1.165) is 146 Å². The fourth-order valence-electron chi connectivity index (χ4n) is 14.4. The van der Waals surface area contributed by atoms with E-state index in [-0.39, 0.29) is 0 Å². The standard InChI is InChI=1S/C96H68N4/c1-8-26-69(27-9-1)73-46-55-83(56-47-73)98(84-57-48-74(49-58-84)70-28-10-2-11-29-70)88-65-79(66-89(68-88)99(85-59-50-75(51-60-85)71-30-12-3-13-31-71)86-61-52-76(53-62-86)72-32-14-4-15-33-72)96-90(77-34-24-41-87(64-77)97(80-35-16-5-17-36-80)81-37-18-6-19-38-81)43-25-44-91(96)78-54-63-95-93(67-78)92-42-22-23-45-94(92)100(95)82-39-20-7-21-40-82/h1-68H. The molecule has 4 nitrogen and oxygen atoms in total. The normalized spacial score (nSPS) is 11.2. The molecule has 472 valence electrons. The second-order valence-electron chi connectivity index (χ2n) is 25.3. The lowest BCUT2D eigenvalue weighted by molar-refractivity contribution is 1.18. The Balaban J connectivity index is 0.950. The van der Waals surface area contributed by atoms with Gasteiger partial charge in [0.2, 0.25) is 0 Å². The first-order valence-corrected chi connectivity index (χ1v) is 34.2. The van der Waals surface area contributed by atoms with Gasteiger partial charge in [-0.3, -0.25) is 0 Å². The second-order valence-corrected chi connectivity index (χ2v) is 25.3. The van der Waals surface area contributed by atoms with Crippen molar-refractivity contribution < 1.29 is 0 Å². The molecule has 0 fully saturated rings. The summed E-state index contributed by atoms with van der Waals surface area (Å²) in [7, 11) is 0. The fraction of sp³-hybridized carbons (Fsp3) is 0. The first-order valence-electron chi connectivity index (χ1n) is 34.2. The van der Waals surface area contributed by atoms with E-state index >= 15 is 0 Å². The molecule has 16 aromatic carbocycles. The van der Waals surface area contributed by atoms with Crippen LogP contribution in [0.4, 0.5) is 51.2 Å². The molecule has 0 aliphatic rings. The van der Waals surface area contributed by atoms with Crippen molar-refractivity contribution in [3.63, 3.8) is 0 Å². The van der Waals surface area contributed by atoms with Gasteiger partial charge in [-0.2, -0.15) is 0 Å². The molecule has 1 heterocycles. The third kappa shape index (κ3) is 12.0. The molecule has 0 aliphatic heterocycles. The maximum atomic E-state index is 2.44. The van der Waals surface area contributed by atoms with Crippen molar-refractivity contribution in [2.24, 2.45) is 0 Å². The maximum Gasteiger partial charge on any atom is 0.0541 e. The van der Waals surface area contributed by atoms with Crippen LogP contribution in [0.15, 0.2) is 413 Å². The minimum atomic E-state index is 0.981. The summed E-state index contributed by atoms with van der Waals surface area (Å²) in [4.78, 5) is 7.24. The van der Waals surface area contributed by atoms with Crippen LogP contribution in [0, 0.1) is 0 Å². The van der Waals surface area contributed by atoms with E-state index in [1.807, 2.05) is 0 Å². The zero-order valence-corrected chi connectivity index (χ0v) is 55.0. The van der Waals surface area contributed by atoms with Crippen molar-refractivity contribution >= 4 is 73.0 Å². The number of benzene rings is 16. The van der Waals surface area contributed by atoms with Gasteiger partial charge < -0.3 is 19.3 Å². The van der Waals surface area contributed by atoms with Crippen LogP contribution in [0.3, 0.4) is 0 Å². The molecule has 0 N–H and O–H groups in total. The average Bonchev–Trinajstić information content (AvgIpc) is 1.30. The van der Waals surface area contributed by atoms with Gasteiger partial charge in [-0.1, -0.05) is 279 Å². The molecule has 100 heavy (non-hydrogen) atoms. The van der Waals surface area contributed by atoms with Gasteiger partial charge >= 0.3 is 0 Å². The number of hydrogen-bond donors (Lipinski definition) is 0. The smallest absolute Gasteiger partial charge is 0.0541 e. The number of hydrogen-bond acceptors (Lipinski definition) is 3. The number of fused-ring (bicyclic) bond motifs is 3. The molecule has 17 aromatic rings. The molecule has 0 saturated heterocycles. The molecule has 0 bridgehead atoms. The molecule has 0 unspecified atom stereocenters. The summed E-state index contributed by atoms with van der Waals surface area (Å²) in [5.74, 6) is 0. The van der Waals surface area contributed by atoms with E-state index < -0.39 is 0 Å². The number of nitrogens with zero attached hydrogens (tertiary/aromatic N) is 4. The summed E-state index contributed by atoms with van der Waals surface area (Å²) >= 11 is 0. The SMILES string of the molecule is c1ccc(-c2ccc(N(c3ccc(-c4ccccc4)cc3)c3cc(-c4c(-c5cccc(N(c6ccccc6)c6ccccc6)c5)cccc4-c4ccc5c(c4)c4ccccc4n5-c4ccccc4)cc(N(c4ccc(-c5ccccc5)cc4)c4ccc(-c5ccccc5)cc4)c3)cc2)cc1. The van der Waals surface area contributed by atoms with Crippen molar-refractivity contribution in [1.29, 1.82) is 0 Å². The monoisotopic (exact) mass is 1280 g/mol. The topological polar surface area (TPSA) is 14.7 Å². The zero-order chi connectivity index (χ0) is 66.6. The minimum absolute atomic E-state index is 0.981. The van der Waals surface area contributed by atoms with E-state index in [1.54, 1.807) is 0 Å². The van der Waals surface area contributed by atoms with E-state index in [2.05, 4.69) is 432 Å². The highest BCUT2D eigenvalue weighted by Crippen LogP contribution is 2.50. The van der Waals surface area contributed by atoms with E-state index in [4.69, 9.17) is 0 Å². The van der Waals surface area contributed by atoms with Gasteiger partial charge in [-0.25, -0.2) is 0 Å². The Hall–Kier alpha value is -13.3. The van der Waals surface area contributed by atoms with Gasteiger partial charge in [-0.15, -0.1) is 0 Å². The fourth-order valence-corrected chi connectivity index (χ4v) is 14.4. The van der Waals surface area contributed by atoms with Crippen LogP contribution in [0.1, 0.15) is 0 Å². The molecule has 0 spiro atoms. The molecule has 4 heteroatoms. The Bertz CT molecular complexity index is 5260. The molecule has 1 aromatic heterocycles. The van der Waals surface area contributed by atoms with Crippen molar-refractivity contribution in [3.05, 3.63) is 413 Å². The van der Waals surface area contributed by atoms with Gasteiger partial charge in [0, 0.05) is 67.6 Å². The highest BCUT2D eigenvalue weighted by molar-refractivity contribution is 6.11. The summed E-state index contributed by atoms with van der Waals surface area (Å²) in [5, 5.41) is 2.37. The van der Waals surface area contributed by atoms with Crippen molar-refractivity contribution in [1.82, 2.24) is 4.57 Å². The van der Waals surface area contributed by atoms with Crippen LogP contribution in [0.25, 0.3) is 105 Å². The van der Waals surface area contributed by atoms with Crippen LogP contribution in [0.5, 0.6) is 0 Å². The molecule has 0 aliphatic carbocycles. The lowest BCUT2D eigenvalue weighted by atomic mass is 9.86. The van der Waals surface area contributed by atoms with Crippen LogP contribution in [0.2, 0.25) is 0 Å². The van der Waals surface area contributed by atoms with Crippen LogP contribution >= 0.6 is 0 Å². The largest absolute Gasteiger partial charge is 0.310 e. The van der Waals surface area contributed by atoms with Crippen molar-refractivity contribution in [2.45, 2.75) is 0 Å². The van der Waals surface area contributed by atoms with Crippen LogP contribution < -0.4 is 14.7 Å². The Morgan fingerprint density at radius 3 is 0.880 bits per heavy atom. The second kappa shape index (κ2) is 27.1. The van der Waals surface area contributed by atoms with Crippen molar-refractivity contribution in [2.75, 3.05) is 14.7 Å². The summed E-state index contributed by atoms with van der Waals surface area (Å²) in [5.41, 5.74) is 28.4. The zero-order valence-electron chi connectivity index (χ0n) is 55.0. The lowest BCUT2D eigenvalue weighted by Gasteiger charge is -2.31. The maximum absolute atomic E-state index is 2.44. The number of para-hydroxylation sites is 4. The third-order valence-corrected chi connectivity index (χ3v) is 19.1. The molecular formula is C96H68N4. The van der Waals surface area contributed by atoms with E-state index in [9.17, 15) is 0 Å². The molecule has 0 atom stereocenters. The molecule has 0 saturated carbocycles. The van der Waals surface area contributed by atoms with E-state index in [1.165, 1.54) is 10.8 Å². The first kappa shape index (κ1) is 60.4. The van der Waals surface area contributed by atoms with Gasteiger partial charge in [-0.05, 0) is 211 Å². The highest BCUT2D eigenvalue weighted by atomic mass is 15.2. The summed E-state index contributed by atoms with van der Waals surface area (Å²) < 4.78 is 2.40. The van der Waals surface area contributed by atoms with Crippen LogP contribution in [-0.2, 0) is 0 Å². The summed E-state index contributed by atoms with van der Waals surface area (Å²) in [6.07, 6.45) is 0.